The SMILES string of the molecule is Cc1nn(Cc2ccc(F)cc2Br)c(C)c1S(=O)(=O)Cl. The lowest BCUT2D eigenvalue weighted by molar-refractivity contribution is 0.607. The summed E-state index contributed by atoms with van der Waals surface area (Å²) in [6.45, 7) is 3.53. The van der Waals surface area contributed by atoms with Gasteiger partial charge in [0.05, 0.1) is 17.9 Å². The lowest BCUT2D eigenvalue weighted by Crippen LogP contribution is -2.05. The van der Waals surface area contributed by atoms with Crippen LogP contribution in [0.15, 0.2) is 27.6 Å². The molecule has 8 heteroatoms. The number of hydrogen-bond acceptors (Lipinski definition) is 3. The number of nitrogens with zero attached hydrogens (tertiary/aromatic N) is 2. The number of halogens is 3. The van der Waals surface area contributed by atoms with Gasteiger partial charge in [-0.05, 0) is 31.5 Å². The fraction of sp³-hybridized carbons (Fsp3) is 0.250. The van der Waals surface area contributed by atoms with Crippen LogP contribution < -0.4 is 0 Å². The highest BCUT2D eigenvalue weighted by atomic mass is 79.9. The third-order valence-electron chi connectivity index (χ3n) is 2.89. The normalized spacial score (nSPS) is 11.8. The summed E-state index contributed by atoms with van der Waals surface area (Å²) in [5.41, 5.74) is 1.58. The molecule has 0 aliphatic carbocycles. The maximum Gasteiger partial charge on any atom is 0.264 e. The minimum Gasteiger partial charge on any atom is -0.264 e. The Kier molecular flexibility index (Phi) is 4.22. The van der Waals surface area contributed by atoms with Gasteiger partial charge >= 0.3 is 0 Å². The Bertz CT molecular complexity index is 774. The van der Waals surface area contributed by atoms with E-state index < -0.39 is 9.05 Å². The molecule has 0 aliphatic rings. The topological polar surface area (TPSA) is 52.0 Å². The molecule has 0 radical (unpaired) electrons. The molecule has 0 spiro atoms. The summed E-state index contributed by atoms with van der Waals surface area (Å²) in [6.07, 6.45) is 0. The van der Waals surface area contributed by atoms with Crippen LogP contribution in [0.1, 0.15) is 17.0 Å². The van der Waals surface area contributed by atoms with Crippen LogP contribution in [0.2, 0.25) is 0 Å². The number of benzene rings is 1. The second kappa shape index (κ2) is 5.46. The summed E-state index contributed by atoms with van der Waals surface area (Å²) >= 11 is 3.27. The zero-order chi connectivity index (χ0) is 15.1. The lowest BCUT2D eigenvalue weighted by Gasteiger charge is -2.07. The molecular weight excluding hydrogens is 371 g/mol. The van der Waals surface area contributed by atoms with E-state index in [0.717, 1.165) is 5.56 Å². The fourth-order valence-corrected chi connectivity index (χ4v) is 4.00. The molecule has 0 atom stereocenters. The van der Waals surface area contributed by atoms with Gasteiger partial charge in [0.15, 0.2) is 0 Å². The smallest absolute Gasteiger partial charge is 0.264 e. The first kappa shape index (κ1) is 15.5. The molecule has 0 aliphatic heterocycles. The average molecular weight is 382 g/mol. The Hall–Kier alpha value is -0.920. The van der Waals surface area contributed by atoms with Crippen LogP contribution in [-0.2, 0) is 15.6 Å². The van der Waals surface area contributed by atoms with Crippen LogP contribution in [0.5, 0.6) is 0 Å². The highest BCUT2D eigenvalue weighted by Gasteiger charge is 2.22. The molecule has 2 aromatic rings. The first-order valence-electron chi connectivity index (χ1n) is 5.62. The molecule has 0 fully saturated rings. The van der Waals surface area contributed by atoms with Crippen LogP contribution >= 0.6 is 26.6 Å². The molecule has 0 bridgehead atoms. The minimum atomic E-state index is -3.84. The Morgan fingerprint density at radius 3 is 2.55 bits per heavy atom. The van der Waals surface area contributed by atoms with Crippen LogP contribution in [-0.4, -0.2) is 18.2 Å². The maximum atomic E-state index is 13.0. The van der Waals surface area contributed by atoms with Gasteiger partial charge in [0.2, 0.25) is 0 Å². The molecule has 0 amide bonds. The monoisotopic (exact) mass is 380 g/mol. The predicted molar refractivity (Wildman–Crippen MR) is 77.9 cm³/mol. The minimum absolute atomic E-state index is 0.0254. The van der Waals surface area contributed by atoms with E-state index in [1.807, 2.05) is 0 Å². The van der Waals surface area contributed by atoms with Gasteiger partial charge < -0.3 is 0 Å². The van der Waals surface area contributed by atoms with Gasteiger partial charge in [0.1, 0.15) is 10.7 Å². The molecule has 1 aromatic carbocycles. The van der Waals surface area contributed by atoms with Crippen molar-refractivity contribution in [2.24, 2.45) is 0 Å². The second-order valence-corrected chi connectivity index (χ2v) is 7.69. The number of hydrogen-bond donors (Lipinski definition) is 0. The highest BCUT2D eigenvalue weighted by Crippen LogP contribution is 2.25. The number of aromatic nitrogens is 2. The molecule has 4 nitrogen and oxygen atoms in total. The molecule has 2 rings (SSSR count). The van der Waals surface area contributed by atoms with E-state index in [2.05, 4.69) is 21.0 Å². The Morgan fingerprint density at radius 2 is 2.05 bits per heavy atom. The third kappa shape index (κ3) is 3.05. The lowest BCUT2D eigenvalue weighted by atomic mass is 10.2. The molecule has 0 unspecified atom stereocenters. The molecule has 1 aromatic heterocycles. The largest absolute Gasteiger partial charge is 0.264 e. The van der Waals surface area contributed by atoms with Gasteiger partial charge in [-0.1, -0.05) is 22.0 Å². The van der Waals surface area contributed by atoms with E-state index in [0.29, 0.717) is 22.4 Å². The third-order valence-corrected chi connectivity index (χ3v) is 5.17. The first-order chi connectivity index (χ1) is 9.20. The number of aryl methyl sites for hydroxylation is 1. The van der Waals surface area contributed by atoms with E-state index in [4.69, 9.17) is 10.7 Å². The van der Waals surface area contributed by atoms with Crippen molar-refractivity contribution in [3.05, 3.63) is 45.4 Å². The molecule has 20 heavy (non-hydrogen) atoms. The van der Waals surface area contributed by atoms with Crippen molar-refractivity contribution in [1.29, 1.82) is 0 Å². The summed E-state index contributed by atoms with van der Waals surface area (Å²) in [5, 5.41) is 4.17. The molecule has 0 saturated carbocycles. The van der Waals surface area contributed by atoms with Crippen molar-refractivity contribution < 1.29 is 12.8 Å². The highest BCUT2D eigenvalue weighted by molar-refractivity contribution is 9.10. The van der Waals surface area contributed by atoms with Crippen molar-refractivity contribution in [3.63, 3.8) is 0 Å². The molecular formula is C12H11BrClFN2O2S. The Balaban J connectivity index is 2.46. The zero-order valence-corrected chi connectivity index (χ0v) is 13.9. The molecule has 0 N–H and O–H groups in total. The Morgan fingerprint density at radius 1 is 1.40 bits per heavy atom. The van der Waals surface area contributed by atoms with Crippen LogP contribution in [0.25, 0.3) is 0 Å². The summed E-state index contributed by atoms with van der Waals surface area (Å²) in [7, 11) is 1.56. The average Bonchev–Trinajstić information content (AvgIpc) is 2.57. The summed E-state index contributed by atoms with van der Waals surface area (Å²) in [4.78, 5) is 0.0254. The van der Waals surface area contributed by atoms with Gasteiger partial charge in [-0.3, -0.25) is 4.68 Å². The van der Waals surface area contributed by atoms with E-state index in [9.17, 15) is 12.8 Å². The van der Waals surface area contributed by atoms with Gasteiger partial charge in [-0.15, -0.1) is 0 Å². The first-order valence-corrected chi connectivity index (χ1v) is 8.73. The quantitative estimate of drug-likeness (QED) is 0.766. The zero-order valence-electron chi connectivity index (χ0n) is 10.7. The molecule has 108 valence electrons. The van der Waals surface area contributed by atoms with Crippen molar-refractivity contribution in [3.8, 4) is 0 Å². The van der Waals surface area contributed by atoms with Crippen molar-refractivity contribution >= 4 is 35.7 Å². The van der Waals surface area contributed by atoms with Crippen molar-refractivity contribution in [2.45, 2.75) is 25.3 Å². The fourth-order valence-electron chi connectivity index (χ4n) is 2.00. The summed E-state index contributed by atoms with van der Waals surface area (Å²) in [5.74, 6) is -0.349. The second-order valence-electron chi connectivity index (χ2n) is 4.33. The van der Waals surface area contributed by atoms with Gasteiger partial charge in [0.25, 0.3) is 9.05 Å². The van der Waals surface area contributed by atoms with E-state index >= 15 is 0 Å². The van der Waals surface area contributed by atoms with Gasteiger partial charge in [-0.2, -0.15) is 5.10 Å². The van der Waals surface area contributed by atoms with Gasteiger partial charge in [0, 0.05) is 15.2 Å². The van der Waals surface area contributed by atoms with E-state index in [1.165, 1.54) is 16.8 Å². The van der Waals surface area contributed by atoms with Crippen LogP contribution in [0.3, 0.4) is 0 Å². The Labute approximate surface area is 129 Å². The van der Waals surface area contributed by atoms with Crippen molar-refractivity contribution in [2.75, 3.05) is 0 Å². The predicted octanol–water partition coefficient (Wildman–Crippen LogP) is 3.38. The van der Waals surface area contributed by atoms with E-state index in [1.54, 1.807) is 19.9 Å². The van der Waals surface area contributed by atoms with Crippen LogP contribution in [0.4, 0.5) is 4.39 Å². The molecule has 1 heterocycles. The van der Waals surface area contributed by atoms with Crippen molar-refractivity contribution in [1.82, 2.24) is 9.78 Å². The van der Waals surface area contributed by atoms with E-state index in [-0.39, 0.29) is 10.7 Å². The standard InChI is InChI=1S/C12H11BrClFN2O2S/c1-7-12(20(14,18)19)8(2)17(16-7)6-9-3-4-10(15)5-11(9)13/h3-5H,6H2,1-2H3. The maximum absolute atomic E-state index is 13.0. The summed E-state index contributed by atoms with van der Waals surface area (Å²) in [6, 6.07) is 4.30. The summed E-state index contributed by atoms with van der Waals surface area (Å²) < 4.78 is 38.2. The van der Waals surface area contributed by atoms with Gasteiger partial charge in [-0.25, -0.2) is 12.8 Å². The number of rotatable bonds is 3. The molecule has 0 saturated heterocycles. The van der Waals surface area contributed by atoms with Crippen LogP contribution in [0, 0.1) is 19.7 Å².